The molecule has 0 amide bonds. The fraction of sp³-hybridized carbons (Fsp3) is 0.185. The second-order valence-corrected chi connectivity index (χ2v) is 7.85. The van der Waals surface area contributed by atoms with Crippen LogP contribution in [0.3, 0.4) is 0 Å². The molecule has 2 heteroatoms. The van der Waals surface area contributed by atoms with Gasteiger partial charge in [-0.1, -0.05) is 97.9 Å². The highest BCUT2D eigenvalue weighted by Crippen LogP contribution is 2.46. The molecule has 1 N–H and O–H groups in total. The molecule has 5 rings (SSSR count). The van der Waals surface area contributed by atoms with E-state index in [1.165, 1.54) is 27.5 Å². The minimum atomic E-state index is -0.0472. The number of ether oxygens (including phenoxy) is 1. The lowest BCUT2D eigenvalue weighted by molar-refractivity contribution is 0.0786. The summed E-state index contributed by atoms with van der Waals surface area (Å²) in [5, 5.41) is 6.20. The monoisotopic (exact) mass is 379 g/mol. The first-order valence-corrected chi connectivity index (χ1v) is 10.3. The fourth-order valence-corrected chi connectivity index (χ4v) is 4.55. The largest absolute Gasteiger partial charge is 0.475 e. The summed E-state index contributed by atoms with van der Waals surface area (Å²) in [6, 6.07) is 34.3. The third kappa shape index (κ3) is 3.41. The Morgan fingerprint density at radius 2 is 1.45 bits per heavy atom. The van der Waals surface area contributed by atoms with Gasteiger partial charge in [0.15, 0.2) is 6.23 Å². The Labute approximate surface area is 172 Å². The van der Waals surface area contributed by atoms with E-state index in [4.69, 9.17) is 4.74 Å². The fourth-order valence-electron chi connectivity index (χ4n) is 4.55. The third-order valence-corrected chi connectivity index (χ3v) is 6.01. The summed E-state index contributed by atoms with van der Waals surface area (Å²) in [4.78, 5) is 0. The Morgan fingerprint density at radius 3 is 2.24 bits per heavy atom. The normalized spacial score (nSPS) is 20.8. The summed E-state index contributed by atoms with van der Waals surface area (Å²) in [5.41, 5.74) is 3.91. The Morgan fingerprint density at radius 1 is 0.759 bits per heavy atom. The van der Waals surface area contributed by atoms with Crippen LogP contribution < -0.4 is 10.1 Å². The lowest BCUT2D eigenvalue weighted by Gasteiger charge is -2.39. The zero-order chi connectivity index (χ0) is 19.6. The van der Waals surface area contributed by atoms with Gasteiger partial charge in [-0.25, -0.2) is 0 Å². The van der Waals surface area contributed by atoms with Gasteiger partial charge in [0, 0.05) is 23.9 Å². The Bertz CT molecular complexity index is 1110. The molecule has 0 unspecified atom stereocenters. The van der Waals surface area contributed by atoms with Crippen LogP contribution in [0.1, 0.15) is 29.5 Å². The predicted molar refractivity (Wildman–Crippen MR) is 119 cm³/mol. The summed E-state index contributed by atoms with van der Waals surface area (Å²) < 4.78 is 6.51. The molecular formula is C27H25NO. The molecule has 0 aliphatic carbocycles. The number of hydrogen-bond acceptors (Lipinski definition) is 2. The van der Waals surface area contributed by atoms with E-state index in [2.05, 4.69) is 109 Å². The van der Waals surface area contributed by atoms with Crippen LogP contribution in [0.2, 0.25) is 0 Å². The highest BCUT2D eigenvalue weighted by atomic mass is 16.5. The second-order valence-electron chi connectivity index (χ2n) is 7.85. The quantitative estimate of drug-likeness (QED) is 0.461. The van der Waals surface area contributed by atoms with Crippen LogP contribution in [0.15, 0.2) is 97.1 Å². The van der Waals surface area contributed by atoms with Crippen LogP contribution >= 0.6 is 0 Å². The van der Waals surface area contributed by atoms with E-state index < -0.39 is 0 Å². The van der Waals surface area contributed by atoms with Crippen LogP contribution in [-0.4, -0.2) is 6.23 Å². The number of fused-ring (bicyclic) bond motifs is 3. The van der Waals surface area contributed by atoms with Crippen molar-refractivity contribution in [3.8, 4) is 5.75 Å². The van der Waals surface area contributed by atoms with Gasteiger partial charge in [-0.05, 0) is 28.0 Å². The smallest absolute Gasteiger partial charge is 0.153 e. The average Bonchev–Trinajstić information content (AvgIpc) is 2.79. The van der Waals surface area contributed by atoms with Crippen molar-refractivity contribution in [3.05, 3.63) is 114 Å². The molecule has 0 saturated carbocycles. The van der Waals surface area contributed by atoms with Gasteiger partial charge in [0.1, 0.15) is 5.75 Å². The minimum absolute atomic E-state index is 0.0472. The van der Waals surface area contributed by atoms with Crippen molar-refractivity contribution in [1.82, 2.24) is 5.32 Å². The maximum Gasteiger partial charge on any atom is 0.153 e. The number of benzene rings is 4. The lowest BCUT2D eigenvalue weighted by Crippen LogP contribution is -2.45. The molecule has 0 radical (unpaired) electrons. The van der Waals surface area contributed by atoms with E-state index in [-0.39, 0.29) is 12.1 Å². The highest BCUT2D eigenvalue weighted by molar-refractivity contribution is 5.89. The topological polar surface area (TPSA) is 21.3 Å². The maximum atomic E-state index is 6.51. The van der Waals surface area contributed by atoms with E-state index in [9.17, 15) is 0 Å². The van der Waals surface area contributed by atoms with Crippen LogP contribution in [0.25, 0.3) is 10.8 Å². The van der Waals surface area contributed by atoms with Crippen LogP contribution in [0.4, 0.5) is 0 Å². The molecule has 4 aromatic rings. The maximum absolute atomic E-state index is 6.51. The van der Waals surface area contributed by atoms with Crippen molar-refractivity contribution >= 4 is 10.8 Å². The minimum Gasteiger partial charge on any atom is -0.475 e. The third-order valence-electron chi connectivity index (χ3n) is 6.01. The van der Waals surface area contributed by atoms with E-state index in [0.717, 1.165) is 12.3 Å². The van der Waals surface area contributed by atoms with E-state index in [1.807, 2.05) is 0 Å². The summed E-state index contributed by atoms with van der Waals surface area (Å²) in [6.07, 6.45) is -0.0472. The zero-order valence-corrected chi connectivity index (χ0v) is 16.6. The van der Waals surface area contributed by atoms with Gasteiger partial charge in [-0.15, -0.1) is 0 Å². The van der Waals surface area contributed by atoms with Crippen LogP contribution in [0, 0.1) is 5.92 Å². The van der Waals surface area contributed by atoms with Gasteiger partial charge in [0.05, 0.1) is 0 Å². The van der Waals surface area contributed by atoms with Gasteiger partial charge in [0.25, 0.3) is 0 Å². The van der Waals surface area contributed by atoms with Gasteiger partial charge >= 0.3 is 0 Å². The highest BCUT2D eigenvalue weighted by Gasteiger charge is 2.37. The Balaban J connectivity index is 1.57. The molecule has 0 aromatic heterocycles. The van der Waals surface area contributed by atoms with Gasteiger partial charge in [-0.3, -0.25) is 5.32 Å². The summed E-state index contributed by atoms with van der Waals surface area (Å²) >= 11 is 0. The second kappa shape index (κ2) is 7.73. The van der Waals surface area contributed by atoms with Crippen molar-refractivity contribution in [2.24, 2.45) is 5.92 Å². The molecule has 144 valence electrons. The zero-order valence-electron chi connectivity index (χ0n) is 16.6. The number of hydrogen-bond donors (Lipinski definition) is 1. The van der Waals surface area contributed by atoms with E-state index in [1.54, 1.807) is 0 Å². The molecule has 1 heterocycles. The van der Waals surface area contributed by atoms with Crippen molar-refractivity contribution in [1.29, 1.82) is 0 Å². The summed E-state index contributed by atoms with van der Waals surface area (Å²) in [6.45, 7) is 3.09. The molecule has 4 aromatic carbocycles. The molecule has 0 bridgehead atoms. The molecule has 0 spiro atoms. The first kappa shape index (κ1) is 18.0. The molecule has 29 heavy (non-hydrogen) atoms. The molecule has 0 fully saturated rings. The summed E-state index contributed by atoms with van der Waals surface area (Å²) in [5.74, 6) is 1.56. The SMILES string of the molecule is C[C@@H]1[C@@H](c2ccccc2)c2c(ccc3ccccc23)O[C@@H]1NCc1ccccc1. The first-order chi connectivity index (χ1) is 14.3. The van der Waals surface area contributed by atoms with Crippen molar-refractivity contribution in [2.75, 3.05) is 0 Å². The summed E-state index contributed by atoms with van der Waals surface area (Å²) in [7, 11) is 0. The van der Waals surface area contributed by atoms with Gasteiger partial charge in [-0.2, -0.15) is 0 Å². The molecule has 0 saturated heterocycles. The molecule has 1 aliphatic heterocycles. The van der Waals surface area contributed by atoms with Crippen LogP contribution in [0.5, 0.6) is 5.75 Å². The van der Waals surface area contributed by atoms with Crippen molar-refractivity contribution < 1.29 is 4.74 Å². The average molecular weight is 380 g/mol. The van der Waals surface area contributed by atoms with E-state index in [0.29, 0.717) is 5.92 Å². The lowest BCUT2D eigenvalue weighted by atomic mass is 9.76. The van der Waals surface area contributed by atoms with Crippen LogP contribution in [-0.2, 0) is 6.54 Å². The first-order valence-electron chi connectivity index (χ1n) is 10.3. The van der Waals surface area contributed by atoms with Crippen molar-refractivity contribution in [3.63, 3.8) is 0 Å². The molecule has 3 atom stereocenters. The molecule has 1 aliphatic rings. The standard InChI is InChI=1S/C27H25NO/c1-19-25(22-13-6-3-7-14-22)26-23-15-9-8-12-21(23)16-17-24(26)29-27(19)28-18-20-10-4-2-5-11-20/h2-17,19,25,27-28H,18H2,1H3/t19-,25+,27+/m1/s1. The number of nitrogens with one attached hydrogen (secondary N) is 1. The van der Waals surface area contributed by atoms with Gasteiger partial charge in [0.2, 0.25) is 0 Å². The van der Waals surface area contributed by atoms with Crippen molar-refractivity contribution in [2.45, 2.75) is 25.6 Å². The Kier molecular flexibility index (Phi) is 4.79. The molecule has 2 nitrogen and oxygen atoms in total. The van der Waals surface area contributed by atoms with E-state index >= 15 is 0 Å². The molecular weight excluding hydrogens is 354 g/mol. The van der Waals surface area contributed by atoms with Gasteiger partial charge < -0.3 is 4.74 Å². The number of rotatable bonds is 4. The Hall–Kier alpha value is -3.10. The predicted octanol–water partition coefficient (Wildman–Crippen LogP) is 6.12.